The lowest BCUT2D eigenvalue weighted by molar-refractivity contribution is -0.117. The van der Waals surface area contributed by atoms with Gasteiger partial charge >= 0.3 is 6.03 Å². The van der Waals surface area contributed by atoms with Crippen molar-refractivity contribution in [2.24, 2.45) is 13.0 Å². The Balaban J connectivity index is 1.61. The molecule has 2 N–H and O–H groups in total. The largest absolute Gasteiger partial charge is 0.338 e. The van der Waals surface area contributed by atoms with Gasteiger partial charge in [-0.05, 0) is 43.2 Å². The molecule has 2 aromatic rings. The first-order chi connectivity index (χ1) is 13.5. The minimum absolute atomic E-state index is 0.116. The van der Waals surface area contributed by atoms with Gasteiger partial charge in [0.25, 0.3) is 0 Å². The fraction of sp³-hybridized carbons (Fsp3) is 0.579. The summed E-state index contributed by atoms with van der Waals surface area (Å²) < 4.78 is 1.92. The Hall–Kier alpha value is -1.87. The Morgan fingerprint density at radius 2 is 2.18 bits per heavy atom. The highest BCUT2D eigenvalue weighted by molar-refractivity contribution is 7.99. The number of nitrogens with one attached hydrogen (secondary N) is 2. The van der Waals surface area contributed by atoms with Crippen LogP contribution in [0.15, 0.2) is 11.2 Å². The third-order valence-electron chi connectivity index (χ3n) is 4.94. The molecule has 152 valence electrons. The van der Waals surface area contributed by atoms with Crippen molar-refractivity contribution >= 4 is 35.0 Å². The molecular weight excluding hydrogens is 394 g/mol. The topological polar surface area (TPSA) is 88.9 Å². The molecule has 2 heterocycles. The van der Waals surface area contributed by atoms with E-state index in [4.69, 9.17) is 0 Å². The van der Waals surface area contributed by atoms with Crippen molar-refractivity contribution in [1.82, 2.24) is 25.4 Å². The predicted octanol–water partition coefficient (Wildman–Crippen LogP) is 3.39. The molecule has 3 amide bonds. The average molecular weight is 422 g/mol. The van der Waals surface area contributed by atoms with Crippen molar-refractivity contribution in [2.45, 2.75) is 51.1 Å². The number of fused-ring (bicyclic) bond motifs is 1. The van der Waals surface area contributed by atoms with Crippen molar-refractivity contribution in [3.05, 3.63) is 16.5 Å². The number of aromatic nitrogens is 3. The molecule has 0 unspecified atom stereocenters. The maximum absolute atomic E-state index is 11.9. The third-order valence-corrected chi connectivity index (χ3v) is 7.19. The zero-order chi connectivity index (χ0) is 20.1. The molecule has 3 rings (SSSR count). The molecule has 0 saturated heterocycles. The summed E-state index contributed by atoms with van der Waals surface area (Å²) in [5.41, 5.74) is 1.45. The average Bonchev–Trinajstić information content (AvgIpc) is 3.26. The SMILES string of the molecule is CCCNC(=O)NC(=O)CSc1nnc(-c2cc3c(s2)CC[C@@H](CC)C3)n1C. The van der Waals surface area contributed by atoms with Gasteiger partial charge in [-0.3, -0.25) is 10.1 Å². The van der Waals surface area contributed by atoms with E-state index < -0.39 is 6.03 Å². The first kappa shape index (κ1) is 20.9. The number of thiophene rings is 1. The summed E-state index contributed by atoms with van der Waals surface area (Å²) in [5.74, 6) is 1.38. The molecule has 0 spiro atoms. The highest BCUT2D eigenvalue weighted by Gasteiger charge is 2.22. The molecule has 1 aliphatic rings. The summed E-state index contributed by atoms with van der Waals surface area (Å²) in [6.45, 7) is 4.76. The minimum atomic E-state index is -0.458. The van der Waals surface area contributed by atoms with E-state index in [2.05, 4.69) is 33.8 Å². The fourth-order valence-electron chi connectivity index (χ4n) is 3.29. The molecule has 1 atom stereocenters. The Bertz CT molecular complexity index is 845. The summed E-state index contributed by atoms with van der Waals surface area (Å²) in [6, 6.07) is 1.80. The van der Waals surface area contributed by atoms with Gasteiger partial charge in [-0.1, -0.05) is 32.0 Å². The second kappa shape index (κ2) is 9.56. The normalized spacial score (nSPS) is 15.9. The van der Waals surface area contributed by atoms with Crippen LogP contribution in [0, 0.1) is 5.92 Å². The van der Waals surface area contributed by atoms with Crippen molar-refractivity contribution in [2.75, 3.05) is 12.3 Å². The predicted molar refractivity (Wildman–Crippen MR) is 113 cm³/mol. The number of hydrogen-bond acceptors (Lipinski definition) is 6. The van der Waals surface area contributed by atoms with Gasteiger partial charge in [-0.2, -0.15) is 0 Å². The van der Waals surface area contributed by atoms with Gasteiger partial charge in [0.15, 0.2) is 11.0 Å². The summed E-state index contributed by atoms with van der Waals surface area (Å²) in [7, 11) is 1.91. The van der Waals surface area contributed by atoms with E-state index in [0.29, 0.717) is 11.7 Å². The zero-order valence-electron chi connectivity index (χ0n) is 16.6. The highest BCUT2D eigenvalue weighted by Crippen LogP contribution is 2.37. The van der Waals surface area contributed by atoms with Gasteiger partial charge in [0, 0.05) is 18.5 Å². The number of nitrogens with zero attached hydrogens (tertiary/aromatic N) is 3. The van der Waals surface area contributed by atoms with Gasteiger partial charge in [0.2, 0.25) is 5.91 Å². The van der Waals surface area contributed by atoms with E-state index in [0.717, 1.165) is 35.9 Å². The van der Waals surface area contributed by atoms with Crippen molar-refractivity contribution in [1.29, 1.82) is 0 Å². The summed E-state index contributed by atoms with van der Waals surface area (Å²) in [5, 5.41) is 14.2. The van der Waals surface area contributed by atoms with Crippen LogP contribution >= 0.6 is 23.1 Å². The molecule has 2 aromatic heterocycles. The fourth-order valence-corrected chi connectivity index (χ4v) is 5.23. The van der Waals surface area contributed by atoms with Crippen LogP contribution in [-0.2, 0) is 24.7 Å². The first-order valence-electron chi connectivity index (χ1n) is 9.73. The van der Waals surface area contributed by atoms with Crippen LogP contribution in [0.1, 0.15) is 43.6 Å². The van der Waals surface area contributed by atoms with Crippen LogP contribution < -0.4 is 10.6 Å². The monoisotopic (exact) mass is 421 g/mol. The van der Waals surface area contributed by atoms with E-state index in [-0.39, 0.29) is 11.7 Å². The second-order valence-corrected chi connectivity index (χ2v) is 9.11. The molecule has 0 saturated carbocycles. The number of aryl methyl sites for hydroxylation is 1. The Morgan fingerprint density at radius 3 is 2.93 bits per heavy atom. The number of thioether (sulfide) groups is 1. The lowest BCUT2D eigenvalue weighted by Crippen LogP contribution is -2.40. The molecule has 9 heteroatoms. The van der Waals surface area contributed by atoms with Gasteiger partial charge in [0.05, 0.1) is 10.6 Å². The molecule has 1 aliphatic carbocycles. The Kier molecular flexibility index (Phi) is 7.12. The molecule has 0 radical (unpaired) electrons. The molecule has 0 bridgehead atoms. The quantitative estimate of drug-likeness (QED) is 0.669. The lowest BCUT2D eigenvalue weighted by atomic mass is 9.87. The van der Waals surface area contributed by atoms with Crippen LogP contribution in [0.4, 0.5) is 4.79 Å². The first-order valence-corrected chi connectivity index (χ1v) is 11.5. The number of carbonyl (C=O) groups is 2. The Morgan fingerprint density at radius 1 is 1.36 bits per heavy atom. The van der Waals surface area contributed by atoms with Gasteiger partial charge < -0.3 is 9.88 Å². The van der Waals surface area contributed by atoms with E-state index in [1.54, 1.807) is 11.3 Å². The minimum Gasteiger partial charge on any atom is -0.338 e. The van der Waals surface area contributed by atoms with Crippen LogP contribution in [-0.4, -0.2) is 39.0 Å². The highest BCUT2D eigenvalue weighted by atomic mass is 32.2. The van der Waals surface area contributed by atoms with Crippen molar-refractivity contribution < 1.29 is 9.59 Å². The van der Waals surface area contributed by atoms with Crippen molar-refractivity contribution in [3.63, 3.8) is 0 Å². The molecular formula is C19H27N5O2S2. The molecule has 0 fully saturated rings. The summed E-state index contributed by atoms with van der Waals surface area (Å²) in [6.07, 6.45) is 5.63. The maximum atomic E-state index is 11.9. The standard InChI is InChI=1S/C19H27N5O2S2/c1-4-8-20-18(26)21-16(25)11-27-19-23-22-17(24(19)3)15-10-13-9-12(5-2)6-7-14(13)28-15/h10,12H,4-9,11H2,1-3H3,(H2,20,21,25,26)/t12-/m1/s1. The molecule has 0 aliphatic heterocycles. The number of amides is 3. The van der Waals surface area contributed by atoms with Crippen LogP contribution in [0.25, 0.3) is 10.7 Å². The van der Waals surface area contributed by atoms with E-state index in [1.165, 1.54) is 35.0 Å². The smallest absolute Gasteiger partial charge is 0.321 e. The molecule has 28 heavy (non-hydrogen) atoms. The van der Waals surface area contributed by atoms with E-state index in [9.17, 15) is 9.59 Å². The number of imide groups is 1. The van der Waals surface area contributed by atoms with Crippen LogP contribution in [0.5, 0.6) is 0 Å². The maximum Gasteiger partial charge on any atom is 0.321 e. The number of urea groups is 1. The van der Waals surface area contributed by atoms with Gasteiger partial charge in [-0.25, -0.2) is 4.79 Å². The van der Waals surface area contributed by atoms with Gasteiger partial charge in [-0.15, -0.1) is 21.5 Å². The number of hydrogen-bond donors (Lipinski definition) is 2. The lowest BCUT2D eigenvalue weighted by Gasteiger charge is -2.19. The van der Waals surface area contributed by atoms with E-state index >= 15 is 0 Å². The second-order valence-electron chi connectivity index (χ2n) is 7.03. The third kappa shape index (κ3) is 4.94. The number of carbonyl (C=O) groups excluding carboxylic acids is 2. The van der Waals surface area contributed by atoms with Crippen molar-refractivity contribution in [3.8, 4) is 10.7 Å². The molecule has 7 nitrogen and oxygen atoms in total. The zero-order valence-corrected chi connectivity index (χ0v) is 18.2. The molecule has 0 aromatic carbocycles. The summed E-state index contributed by atoms with van der Waals surface area (Å²) in [4.78, 5) is 26.1. The number of rotatable bonds is 7. The van der Waals surface area contributed by atoms with Crippen LogP contribution in [0.2, 0.25) is 0 Å². The van der Waals surface area contributed by atoms with E-state index in [1.807, 2.05) is 18.5 Å². The Labute approximate surface area is 173 Å². The summed E-state index contributed by atoms with van der Waals surface area (Å²) >= 11 is 3.08. The van der Waals surface area contributed by atoms with Crippen LogP contribution in [0.3, 0.4) is 0 Å². The van der Waals surface area contributed by atoms with Gasteiger partial charge in [0.1, 0.15) is 0 Å².